The second kappa shape index (κ2) is 13.5. The van der Waals surface area contributed by atoms with E-state index in [9.17, 15) is 0 Å². The van der Waals surface area contributed by atoms with Crippen LogP contribution in [0.4, 0.5) is 0 Å². The number of hydrogen-bond acceptors (Lipinski definition) is 0. The molecule has 0 spiro atoms. The van der Waals surface area contributed by atoms with Crippen LogP contribution in [0.5, 0.6) is 0 Å². The second-order valence-electron chi connectivity index (χ2n) is 14.8. The van der Waals surface area contributed by atoms with Gasteiger partial charge in [-0.25, -0.2) is 0 Å². The minimum absolute atomic E-state index is 1.14. The van der Waals surface area contributed by atoms with Crippen LogP contribution in [0.15, 0.2) is 231 Å². The fourth-order valence-electron chi connectivity index (χ4n) is 9.57. The van der Waals surface area contributed by atoms with Gasteiger partial charge in [-0.3, -0.25) is 0 Å². The second-order valence-corrected chi connectivity index (χ2v) is 18.6. The number of aromatic nitrogens is 2. The Balaban J connectivity index is 1.40. The quantitative estimate of drug-likeness (QED) is 0.114. The summed E-state index contributed by atoms with van der Waals surface area (Å²) in [6.45, 7) is 0. The Morgan fingerprint density at radius 3 is 1.37 bits per heavy atom. The summed E-state index contributed by atoms with van der Waals surface area (Å²) >= 11 is 0. The van der Waals surface area contributed by atoms with Crippen molar-refractivity contribution < 1.29 is 0 Å². The molecule has 0 radical (unpaired) electrons. The van der Waals surface area contributed by atoms with Gasteiger partial charge in [-0.15, -0.1) is 0 Å². The van der Waals surface area contributed by atoms with Gasteiger partial charge in [0.2, 0.25) is 0 Å². The van der Waals surface area contributed by atoms with Gasteiger partial charge in [-0.05, 0) is 50.6 Å². The van der Waals surface area contributed by atoms with Crippen molar-refractivity contribution >= 4 is 72.4 Å². The molecule has 0 bridgehead atoms. The summed E-state index contributed by atoms with van der Waals surface area (Å²) < 4.78 is 5.11. The normalized spacial score (nSPS) is 11.9. The molecule has 0 unspecified atom stereocenters. The summed E-state index contributed by atoms with van der Waals surface area (Å²) in [4.78, 5) is 0. The van der Waals surface area contributed by atoms with Crippen molar-refractivity contribution in [3.63, 3.8) is 0 Å². The highest BCUT2D eigenvalue weighted by Crippen LogP contribution is 2.42. The molecule has 9 aromatic carbocycles. The molecule has 0 aliphatic carbocycles. The Bertz CT molecular complexity index is 3110. The van der Waals surface area contributed by atoms with Crippen LogP contribution in [0.2, 0.25) is 0 Å². The van der Waals surface area contributed by atoms with E-state index < -0.39 is 8.07 Å². The Hall–Kier alpha value is -7.20. The van der Waals surface area contributed by atoms with E-state index in [1.165, 1.54) is 75.5 Å². The van der Waals surface area contributed by atoms with Crippen LogP contribution in [0.1, 0.15) is 0 Å². The molecule has 0 N–H and O–H groups in total. The predicted molar refractivity (Wildman–Crippen MR) is 244 cm³/mol. The summed E-state index contributed by atoms with van der Waals surface area (Å²) in [7, 11) is -2.99. The van der Waals surface area contributed by atoms with E-state index in [4.69, 9.17) is 0 Å². The van der Waals surface area contributed by atoms with Gasteiger partial charge in [0.05, 0.1) is 27.8 Å². The average molecular weight is 743 g/mol. The number of nitrogens with zero attached hydrogens (tertiary/aromatic N) is 2. The lowest BCUT2D eigenvalue weighted by Crippen LogP contribution is -2.75. The zero-order chi connectivity index (χ0) is 37.8. The third-order valence-corrected chi connectivity index (χ3v) is 16.7. The van der Waals surface area contributed by atoms with Crippen LogP contribution in [0.3, 0.4) is 0 Å². The summed E-state index contributed by atoms with van der Waals surface area (Å²) in [6, 6.07) is 85.3. The van der Waals surface area contributed by atoms with Crippen LogP contribution >= 0.6 is 0 Å². The van der Waals surface area contributed by atoms with Gasteiger partial charge in [0.25, 0.3) is 0 Å². The lowest BCUT2D eigenvalue weighted by molar-refractivity contribution is 1.13. The van der Waals surface area contributed by atoms with E-state index in [-0.39, 0.29) is 0 Å². The highest BCUT2D eigenvalue weighted by Gasteiger charge is 2.43. The number of hydrogen-bond donors (Lipinski definition) is 0. The third-order valence-electron chi connectivity index (χ3n) is 11.8. The summed E-state index contributed by atoms with van der Waals surface area (Å²) in [6.07, 6.45) is 0. The molecule has 268 valence electrons. The zero-order valence-corrected chi connectivity index (χ0v) is 32.3. The fourth-order valence-corrected chi connectivity index (χ4v) is 14.5. The molecule has 0 aliphatic rings. The Morgan fingerprint density at radius 2 is 0.754 bits per heavy atom. The number of rotatable bonds is 7. The van der Waals surface area contributed by atoms with E-state index in [0.717, 1.165) is 11.4 Å². The number of benzene rings is 9. The largest absolute Gasteiger partial charge is 0.307 e. The monoisotopic (exact) mass is 742 g/mol. The minimum Gasteiger partial charge on any atom is -0.307 e. The maximum Gasteiger partial charge on any atom is 0.181 e. The highest BCUT2D eigenvalue weighted by atomic mass is 28.3. The molecule has 2 heterocycles. The Labute approximate surface area is 333 Å². The maximum absolute atomic E-state index is 2.99. The first kappa shape index (κ1) is 33.2. The average Bonchev–Trinajstić information content (AvgIpc) is 3.82. The molecule has 11 aromatic rings. The van der Waals surface area contributed by atoms with Crippen molar-refractivity contribution in [2.75, 3.05) is 0 Å². The van der Waals surface area contributed by atoms with Gasteiger partial charge < -0.3 is 9.13 Å². The van der Waals surface area contributed by atoms with Gasteiger partial charge in [-0.1, -0.05) is 206 Å². The summed E-state index contributed by atoms with van der Waals surface area (Å²) in [5.41, 5.74) is 9.53. The van der Waals surface area contributed by atoms with Crippen molar-refractivity contribution in [1.82, 2.24) is 9.13 Å². The van der Waals surface area contributed by atoms with E-state index in [1.807, 2.05) is 0 Å². The van der Waals surface area contributed by atoms with Crippen LogP contribution in [-0.2, 0) is 0 Å². The van der Waals surface area contributed by atoms with E-state index in [1.54, 1.807) is 0 Å². The molecular formula is C54H38N2Si. The van der Waals surface area contributed by atoms with Gasteiger partial charge in [0.15, 0.2) is 8.07 Å². The lowest BCUT2D eigenvalue weighted by Gasteiger charge is -2.35. The molecule has 2 aromatic heterocycles. The first-order valence-corrected chi connectivity index (χ1v) is 21.7. The molecule has 0 fully saturated rings. The van der Waals surface area contributed by atoms with Crippen molar-refractivity contribution in [2.45, 2.75) is 0 Å². The molecule has 0 aliphatic heterocycles. The standard InChI is InChI=1S/C54H38N2Si/c1-6-21-39(22-7-1)44-32-18-33-47-48-35-20-38-51(57(41-25-10-3-11-26-41,42-27-12-4-13-28-42)43-29-14-5-15-30-43)54(48)56(52(44)47)50-37-19-34-46-45-31-16-17-36-49(45)55(53(46)50)40-23-8-2-9-24-40/h1-38H. The molecule has 0 atom stereocenters. The fraction of sp³-hybridized carbons (Fsp3) is 0. The molecule has 3 heteroatoms. The number of fused-ring (bicyclic) bond motifs is 6. The van der Waals surface area contributed by atoms with Crippen LogP contribution in [0, 0.1) is 0 Å². The lowest BCUT2D eigenvalue weighted by atomic mass is 10.0. The predicted octanol–water partition coefficient (Wildman–Crippen LogP) is 10.9. The first-order chi connectivity index (χ1) is 28.3. The van der Waals surface area contributed by atoms with Crippen LogP contribution < -0.4 is 20.7 Å². The third kappa shape index (κ3) is 5.03. The summed E-state index contributed by atoms with van der Waals surface area (Å²) in [5, 5.41) is 10.4. The molecule has 11 rings (SSSR count). The molecule has 0 saturated carbocycles. The first-order valence-electron chi connectivity index (χ1n) is 19.7. The smallest absolute Gasteiger partial charge is 0.181 e. The van der Waals surface area contributed by atoms with E-state index in [0.29, 0.717) is 0 Å². The Morgan fingerprint density at radius 1 is 0.298 bits per heavy atom. The molecule has 2 nitrogen and oxygen atoms in total. The summed E-state index contributed by atoms with van der Waals surface area (Å²) in [5.74, 6) is 0. The van der Waals surface area contributed by atoms with Crippen LogP contribution in [-0.4, -0.2) is 17.2 Å². The van der Waals surface area contributed by atoms with Crippen molar-refractivity contribution in [3.8, 4) is 22.5 Å². The Kier molecular flexibility index (Phi) is 7.87. The maximum atomic E-state index is 2.64. The van der Waals surface area contributed by atoms with Gasteiger partial charge in [0.1, 0.15) is 0 Å². The van der Waals surface area contributed by atoms with Gasteiger partial charge in [-0.2, -0.15) is 0 Å². The van der Waals surface area contributed by atoms with Gasteiger partial charge in [0, 0.05) is 32.8 Å². The van der Waals surface area contributed by atoms with Gasteiger partial charge >= 0.3 is 0 Å². The zero-order valence-electron chi connectivity index (χ0n) is 31.3. The van der Waals surface area contributed by atoms with Crippen molar-refractivity contribution in [3.05, 3.63) is 231 Å². The SMILES string of the molecule is c1ccc(-c2cccc3c4cccc([Si](c5ccccc5)(c5ccccc5)c5ccccc5)c4n(-c4cccc5c6ccccc6n(-c6ccccc6)c45)c23)cc1. The molecular weight excluding hydrogens is 705 g/mol. The molecule has 0 saturated heterocycles. The van der Waals surface area contributed by atoms with Crippen molar-refractivity contribution in [2.24, 2.45) is 0 Å². The topological polar surface area (TPSA) is 9.86 Å². The molecule has 57 heavy (non-hydrogen) atoms. The highest BCUT2D eigenvalue weighted by molar-refractivity contribution is 7.20. The van der Waals surface area contributed by atoms with E-state index >= 15 is 0 Å². The number of para-hydroxylation sites is 5. The molecule has 0 amide bonds. The minimum atomic E-state index is -2.99. The van der Waals surface area contributed by atoms with Crippen LogP contribution in [0.25, 0.3) is 66.1 Å². The van der Waals surface area contributed by atoms with Crippen molar-refractivity contribution in [1.29, 1.82) is 0 Å². The van der Waals surface area contributed by atoms with E-state index in [2.05, 4.69) is 240 Å².